The smallest absolute Gasteiger partial charge is 0.330 e. The lowest BCUT2D eigenvalue weighted by Crippen LogP contribution is -2.42. The summed E-state index contributed by atoms with van der Waals surface area (Å²) in [5.41, 5.74) is 1.17. The van der Waals surface area contributed by atoms with Gasteiger partial charge < -0.3 is 9.64 Å². The minimum atomic E-state index is -0.369. The molecule has 1 aromatic rings. The van der Waals surface area contributed by atoms with E-state index >= 15 is 0 Å². The summed E-state index contributed by atoms with van der Waals surface area (Å²) >= 11 is 0. The van der Waals surface area contributed by atoms with E-state index in [4.69, 9.17) is 4.74 Å². The summed E-state index contributed by atoms with van der Waals surface area (Å²) in [5, 5.41) is 0. The Bertz CT molecular complexity index is 595. The van der Waals surface area contributed by atoms with Crippen molar-refractivity contribution in [3.63, 3.8) is 0 Å². The Morgan fingerprint density at radius 1 is 1.38 bits per heavy atom. The van der Waals surface area contributed by atoms with Crippen LogP contribution in [0.3, 0.4) is 0 Å². The molecule has 4 nitrogen and oxygen atoms in total. The van der Waals surface area contributed by atoms with Gasteiger partial charge >= 0.3 is 5.97 Å². The highest BCUT2D eigenvalue weighted by Crippen LogP contribution is 2.21. The van der Waals surface area contributed by atoms with Crippen molar-refractivity contribution in [2.45, 2.75) is 19.8 Å². The predicted molar refractivity (Wildman–Crippen MR) is 97.4 cm³/mol. The van der Waals surface area contributed by atoms with Gasteiger partial charge in [-0.25, -0.2) is 9.28 Å². The molecule has 1 aromatic carbocycles. The van der Waals surface area contributed by atoms with Gasteiger partial charge in [0.1, 0.15) is 25.6 Å². The van der Waals surface area contributed by atoms with Crippen LogP contribution in [-0.2, 0) is 9.53 Å². The molecule has 24 heavy (non-hydrogen) atoms. The molecule has 0 aromatic heterocycles. The number of hydrogen-bond acceptors (Lipinski definition) is 3. The zero-order valence-electron chi connectivity index (χ0n) is 14.4. The minimum Gasteiger partial charge on any atom is -0.457 e. The van der Waals surface area contributed by atoms with Crippen molar-refractivity contribution >= 4 is 12.0 Å². The fourth-order valence-corrected chi connectivity index (χ4v) is 2.66. The number of benzene rings is 1. The summed E-state index contributed by atoms with van der Waals surface area (Å²) in [5.74, 6) is -0.369. The van der Waals surface area contributed by atoms with Crippen molar-refractivity contribution in [2.75, 3.05) is 26.4 Å². The highest BCUT2D eigenvalue weighted by Gasteiger charge is 2.30. The second kappa shape index (κ2) is 9.08. The fraction of sp³-hybridized carbons (Fsp3) is 0.350. The lowest BCUT2D eigenvalue weighted by Gasteiger charge is -2.29. The Hall–Kier alpha value is -2.33. The normalized spacial score (nSPS) is 19.8. The summed E-state index contributed by atoms with van der Waals surface area (Å²) in [4.78, 5) is 13.6. The average Bonchev–Trinajstić information content (AvgIpc) is 3.02. The molecule has 0 bridgehead atoms. The Morgan fingerprint density at radius 2 is 2.17 bits per heavy atom. The molecule has 1 aliphatic rings. The van der Waals surface area contributed by atoms with Gasteiger partial charge in [-0.05, 0) is 18.1 Å². The largest absolute Gasteiger partial charge is 0.457 e. The Morgan fingerprint density at radius 3 is 2.88 bits per heavy atom. The van der Waals surface area contributed by atoms with Crippen LogP contribution >= 0.6 is 0 Å². The quantitative estimate of drug-likeness (QED) is 0.393. The van der Waals surface area contributed by atoms with E-state index in [1.807, 2.05) is 18.2 Å². The molecule has 0 saturated heterocycles. The third-order valence-electron chi connectivity index (χ3n) is 4.10. The lowest BCUT2D eigenvalue weighted by atomic mass is 10.2. The molecule has 0 saturated carbocycles. The van der Waals surface area contributed by atoms with Crippen LogP contribution in [0, 0.1) is 0 Å². The molecule has 1 aliphatic heterocycles. The zero-order chi connectivity index (χ0) is 17.3. The minimum absolute atomic E-state index is 0.369. The molecular weight excluding hydrogens is 300 g/mol. The molecular formula is C20H27N2O2+. The second-order valence-corrected chi connectivity index (χ2v) is 6.03. The number of unbranched alkanes of at least 4 members (excludes halogenated alkanes) is 1. The molecule has 0 spiro atoms. The highest BCUT2D eigenvalue weighted by molar-refractivity contribution is 5.81. The number of rotatable bonds is 9. The van der Waals surface area contributed by atoms with Gasteiger partial charge in [-0.2, -0.15) is 0 Å². The second-order valence-electron chi connectivity index (χ2n) is 6.03. The van der Waals surface area contributed by atoms with E-state index in [0.29, 0.717) is 17.6 Å². The van der Waals surface area contributed by atoms with Gasteiger partial charge in [0.05, 0.1) is 6.20 Å². The Balaban J connectivity index is 2.04. The summed E-state index contributed by atoms with van der Waals surface area (Å²) in [7, 11) is 0. The Kier molecular flexibility index (Phi) is 6.82. The van der Waals surface area contributed by atoms with Crippen molar-refractivity contribution in [1.29, 1.82) is 0 Å². The third kappa shape index (κ3) is 5.39. The molecule has 2 rings (SSSR count). The van der Waals surface area contributed by atoms with Crippen LogP contribution in [0.15, 0.2) is 61.6 Å². The van der Waals surface area contributed by atoms with E-state index in [-0.39, 0.29) is 5.97 Å². The van der Waals surface area contributed by atoms with Gasteiger partial charge in [-0.3, -0.25) is 0 Å². The van der Waals surface area contributed by atoms with Gasteiger partial charge in [0, 0.05) is 12.6 Å². The average molecular weight is 327 g/mol. The third-order valence-corrected chi connectivity index (χ3v) is 4.10. The maximum absolute atomic E-state index is 11.3. The van der Waals surface area contributed by atoms with Crippen molar-refractivity contribution in [2.24, 2.45) is 0 Å². The monoisotopic (exact) mass is 327 g/mol. The van der Waals surface area contributed by atoms with E-state index in [0.717, 1.165) is 13.2 Å². The van der Waals surface area contributed by atoms with Crippen LogP contribution in [0.1, 0.15) is 25.3 Å². The molecule has 1 atom stereocenters. The van der Waals surface area contributed by atoms with Crippen molar-refractivity contribution < 1.29 is 14.0 Å². The number of carbonyl (C=O) groups excluding carboxylic acids is 1. The summed E-state index contributed by atoms with van der Waals surface area (Å²) in [6.45, 7) is 8.64. The molecule has 0 radical (unpaired) electrons. The van der Waals surface area contributed by atoms with Crippen LogP contribution in [-0.4, -0.2) is 41.7 Å². The molecule has 4 heteroatoms. The maximum atomic E-state index is 11.3. The maximum Gasteiger partial charge on any atom is 0.330 e. The number of esters is 1. The number of ether oxygens (including phenoxy) is 1. The lowest BCUT2D eigenvalue weighted by molar-refractivity contribution is -0.829. The van der Waals surface area contributed by atoms with Crippen molar-refractivity contribution in [3.8, 4) is 0 Å². The van der Waals surface area contributed by atoms with Crippen LogP contribution in [0.25, 0.3) is 6.08 Å². The van der Waals surface area contributed by atoms with Gasteiger partial charge in [0.2, 0.25) is 0 Å². The van der Waals surface area contributed by atoms with Crippen LogP contribution < -0.4 is 0 Å². The summed E-state index contributed by atoms with van der Waals surface area (Å²) in [6.07, 6.45) is 12.2. The van der Waals surface area contributed by atoms with E-state index in [9.17, 15) is 4.79 Å². The van der Waals surface area contributed by atoms with E-state index in [1.54, 1.807) is 0 Å². The Labute approximate surface area is 144 Å². The van der Waals surface area contributed by atoms with Crippen LogP contribution in [0.5, 0.6) is 0 Å². The fourth-order valence-electron chi connectivity index (χ4n) is 2.66. The van der Waals surface area contributed by atoms with Crippen molar-refractivity contribution in [3.05, 3.63) is 67.2 Å². The molecule has 0 fully saturated rings. The topological polar surface area (TPSA) is 29.5 Å². The number of quaternary nitrogens is 1. The highest BCUT2D eigenvalue weighted by atomic mass is 16.5. The number of nitrogens with zero attached hydrogens (tertiary/aromatic N) is 2. The number of carbonyl (C=O) groups is 1. The summed E-state index contributed by atoms with van der Waals surface area (Å²) < 4.78 is 5.84. The van der Waals surface area contributed by atoms with E-state index in [2.05, 4.69) is 55.2 Å². The van der Waals surface area contributed by atoms with Gasteiger partial charge in [-0.15, -0.1) is 0 Å². The molecule has 0 aliphatic carbocycles. The first kappa shape index (κ1) is 18.0. The van der Waals surface area contributed by atoms with Gasteiger partial charge in [0.25, 0.3) is 0 Å². The SMILES string of the molecule is C=CC(=O)OCC[N+]1(C=Cc2ccccc2)C=CN(CCCC)C1. The standard InChI is InChI=1S/C20H27N2O2/c1-3-5-12-21-13-15-22(18-21,16-17-24-20(23)4-2)14-11-19-9-7-6-8-10-19/h4,6-11,13-15H,2-3,5,12,16-18H2,1H3/q+1. The van der Waals surface area contributed by atoms with Crippen LogP contribution in [0.2, 0.25) is 0 Å². The molecule has 0 N–H and O–H groups in total. The molecule has 1 unspecified atom stereocenters. The first-order valence-corrected chi connectivity index (χ1v) is 8.51. The zero-order valence-corrected chi connectivity index (χ0v) is 14.4. The first-order chi connectivity index (χ1) is 11.7. The predicted octanol–water partition coefficient (Wildman–Crippen LogP) is 3.75. The van der Waals surface area contributed by atoms with Crippen LogP contribution in [0.4, 0.5) is 0 Å². The molecule has 128 valence electrons. The number of hydrogen-bond donors (Lipinski definition) is 0. The van der Waals surface area contributed by atoms with Crippen molar-refractivity contribution in [1.82, 2.24) is 4.90 Å². The van der Waals surface area contributed by atoms with Gasteiger partial charge in [-0.1, -0.05) is 50.3 Å². The van der Waals surface area contributed by atoms with Gasteiger partial charge in [0.15, 0.2) is 6.67 Å². The van der Waals surface area contributed by atoms with E-state index in [1.165, 1.54) is 24.5 Å². The summed E-state index contributed by atoms with van der Waals surface area (Å²) in [6, 6.07) is 10.2. The first-order valence-electron chi connectivity index (χ1n) is 8.51. The van der Waals surface area contributed by atoms with E-state index < -0.39 is 0 Å². The molecule has 0 amide bonds. The molecule has 1 heterocycles.